The van der Waals surface area contributed by atoms with Crippen LogP contribution in [0.25, 0.3) is 0 Å². The minimum Gasteiger partial charge on any atom is -0.389 e. The highest BCUT2D eigenvalue weighted by Crippen LogP contribution is 2.09. The van der Waals surface area contributed by atoms with E-state index >= 15 is 0 Å². The van der Waals surface area contributed by atoms with Crippen molar-refractivity contribution in [3.05, 3.63) is 0 Å². The van der Waals surface area contributed by atoms with Gasteiger partial charge in [-0.2, -0.15) is 0 Å². The number of hydrogen-bond acceptors (Lipinski definition) is 4. The minimum atomic E-state index is -0.376. The van der Waals surface area contributed by atoms with Gasteiger partial charge in [-0.05, 0) is 32.5 Å². The molecular weight excluding hydrogens is 192 g/mol. The number of aliphatic hydroxyl groups is 1. The van der Waals surface area contributed by atoms with Crippen molar-refractivity contribution < 1.29 is 9.84 Å². The van der Waals surface area contributed by atoms with Crippen molar-refractivity contribution in [2.45, 2.75) is 31.9 Å². The van der Waals surface area contributed by atoms with Gasteiger partial charge in [-0.3, -0.25) is 0 Å². The molecule has 90 valence electrons. The Bertz CT molecular complexity index is 159. The van der Waals surface area contributed by atoms with Gasteiger partial charge < -0.3 is 20.1 Å². The van der Waals surface area contributed by atoms with Crippen LogP contribution in [0, 0.1) is 0 Å². The highest BCUT2D eigenvalue weighted by atomic mass is 16.5. The summed E-state index contributed by atoms with van der Waals surface area (Å²) < 4.78 is 4.88. The van der Waals surface area contributed by atoms with E-state index in [0.717, 1.165) is 6.54 Å². The SMILES string of the molecule is CCN1CCC(NCC(O)COC)CC1. The molecule has 4 nitrogen and oxygen atoms in total. The summed E-state index contributed by atoms with van der Waals surface area (Å²) in [6.45, 7) is 6.77. The molecule has 1 saturated heterocycles. The van der Waals surface area contributed by atoms with Gasteiger partial charge in [-0.1, -0.05) is 6.92 Å². The molecular formula is C11H24N2O2. The molecule has 0 aromatic heterocycles. The van der Waals surface area contributed by atoms with Gasteiger partial charge >= 0.3 is 0 Å². The van der Waals surface area contributed by atoms with Gasteiger partial charge in [0.1, 0.15) is 0 Å². The summed E-state index contributed by atoms with van der Waals surface area (Å²) in [4.78, 5) is 2.46. The highest BCUT2D eigenvalue weighted by Gasteiger charge is 2.18. The molecule has 1 aliphatic heterocycles. The van der Waals surface area contributed by atoms with Crippen molar-refractivity contribution >= 4 is 0 Å². The molecule has 1 fully saturated rings. The first-order valence-electron chi connectivity index (χ1n) is 5.89. The van der Waals surface area contributed by atoms with Crippen molar-refractivity contribution in [1.29, 1.82) is 0 Å². The van der Waals surface area contributed by atoms with Crippen LogP contribution in [0.15, 0.2) is 0 Å². The van der Waals surface area contributed by atoms with Crippen LogP contribution < -0.4 is 5.32 Å². The van der Waals surface area contributed by atoms with E-state index in [9.17, 15) is 5.11 Å². The van der Waals surface area contributed by atoms with E-state index in [1.807, 2.05) is 0 Å². The van der Waals surface area contributed by atoms with Crippen LogP contribution in [0.5, 0.6) is 0 Å². The third-order valence-electron chi connectivity index (χ3n) is 3.04. The van der Waals surface area contributed by atoms with Gasteiger partial charge in [0.25, 0.3) is 0 Å². The Morgan fingerprint density at radius 2 is 2.13 bits per heavy atom. The van der Waals surface area contributed by atoms with Crippen LogP contribution in [0.1, 0.15) is 19.8 Å². The highest BCUT2D eigenvalue weighted by molar-refractivity contribution is 4.77. The number of likely N-dealkylation sites (tertiary alicyclic amines) is 1. The second-order valence-corrected chi connectivity index (χ2v) is 4.23. The summed E-state index contributed by atoms with van der Waals surface area (Å²) >= 11 is 0. The molecule has 0 radical (unpaired) electrons. The lowest BCUT2D eigenvalue weighted by Gasteiger charge is -2.32. The Morgan fingerprint density at radius 3 is 2.67 bits per heavy atom. The normalized spacial score (nSPS) is 21.8. The molecule has 0 spiro atoms. The topological polar surface area (TPSA) is 44.7 Å². The van der Waals surface area contributed by atoms with Crippen LogP contribution in [0.4, 0.5) is 0 Å². The molecule has 1 atom stereocenters. The second-order valence-electron chi connectivity index (χ2n) is 4.23. The maximum absolute atomic E-state index is 9.48. The predicted molar refractivity (Wildman–Crippen MR) is 61.0 cm³/mol. The molecule has 1 heterocycles. The molecule has 0 aliphatic carbocycles. The Hall–Kier alpha value is -0.160. The third-order valence-corrected chi connectivity index (χ3v) is 3.04. The number of methoxy groups -OCH3 is 1. The number of nitrogens with one attached hydrogen (secondary N) is 1. The van der Waals surface area contributed by atoms with Gasteiger partial charge in [0.15, 0.2) is 0 Å². The van der Waals surface area contributed by atoms with Crippen LogP contribution in [0.2, 0.25) is 0 Å². The van der Waals surface area contributed by atoms with Gasteiger partial charge in [-0.25, -0.2) is 0 Å². The molecule has 4 heteroatoms. The van der Waals surface area contributed by atoms with Crippen LogP contribution in [-0.4, -0.2) is 62.0 Å². The Labute approximate surface area is 92.6 Å². The monoisotopic (exact) mass is 216 g/mol. The number of nitrogens with zero attached hydrogens (tertiary/aromatic N) is 1. The van der Waals surface area contributed by atoms with Gasteiger partial charge in [0.2, 0.25) is 0 Å². The fourth-order valence-electron chi connectivity index (χ4n) is 2.01. The maximum Gasteiger partial charge on any atom is 0.0897 e. The fraction of sp³-hybridized carbons (Fsp3) is 1.00. The minimum absolute atomic E-state index is 0.376. The molecule has 0 aromatic rings. The van der Waals surface area contributed by atoms with E-state index in [2.05, 4.69) is 17.1 Å². The number of piperidine rings is 1. The van der Waals surface area contributed by atoms with E-state index in [4.69, 9.17) is 4.74 Å². The first kappa shape index (κ1) is 12.9. The van der Waals surface area contributed by atoms with E-state index < -0.39 is 0 Å². The lowest BCUT2D eigenvalue weighted by Crippen LogP contribution is -2.45. The van der Waals surface area contributed by atoms with E-state index in [1.54, 1.807) is 7.11 Å². The summed E-state index contributed by atoms with van der Waals surface area (Å²) in [5, 5.41) is 12.9. The molecule has 1 rings (SSSR count). The molecule has 15 heavy (non-hydrogen) atoms. The van der Waals surface area contributed by atoms with Gasteiger partial charge in [0, 0.05) is 19.7 Å². The number of rotatable bonds is 6. The summed E-state index contributed by atoms with van der Waals surface area (Å²) in [6, 6.07) is 0.569. The first-order chi connectivity index (χ1) is 7.26. The Morgan fingerprint density at radius 1 is 1.47 bits per heavy atom. The average Bonchev–Trinajstić information content (AvgIpc) is 2.27. The van der Waals surface area contributed by atoms with Crippen molar-refractivity contribution in [3.63, 3.8) is 0 Å². The van der Waals surface area contributed by atoms with Gasteiger partial charge in [0.05, 0.1) is 12.7 Å². The Balaban J connectivity index is 2.08. The quantitative estimate of drug-likeness (QED) is 0.659. The van der Waals surface area contributed by atoms with Crippen molar-refractivity contribution in [3.8, 4) is 0 Å². The fourth-order valence-corrected chi connectivity index (χ4v) is 2.01. The molecule has 0 aromatic carbocycles. The predicted octanol–water partition coefficient (Wildman–Crippen LogP) is 0.0676. The van der Waals surface area contributed by atoms with E-state index in [0.29, 0.717) is 19.2 Å². The molecule has 0 saturated carbocycles. The summed E-state index contributed by atoms with van der Waals surface area (Å²) in [5.74, 6) is 0. The summed E-state index contributed by atoms with van der Waals surface area (Å²) in [6.07, 6.45) is 2.00. The van der Waals surface area contributed by atoms with Crippen LogP contribution in [-0.2, 0) is 4.74 Å². The zero-order chi connectivity index (χ0) is 11.1. The lowest BCUT2D eigenvalue weighted by atomic mass is 10.1. The molecule has 2 N–H and O–H groups in total. The Kier molecular flexibility index (Phi) is 6.17. The largest absolute Gasteiger partial charge is 0.389 e. The summed E-state index contributed by atoms with van der Waals surface area (Å²) in [7, 11) is 1.61. The van der Waals surface area contributed by atoms with Gasteiger partial charge in [-0.15, -0.1) is 0 Å². The molecule has 0 bridgehead atoms. The number of aliphatic hydroxyl groups excluding tert-OH is 1. The second kappa shape index (κ2) is 7.17. The third kappa shape index (κ3) is 4.93. The van der Waals surface area contributed by atoms with Crippen LogP contribution in [0.3, 0.4) is 0 Å². The number of ether oxygens (including phenoxy) is 1. The lowest BCUT2D eigenvalue weighted by molar-refractivity contribution is 0.0604. The van der Waals surface area contributed by atoms with E-state index in [1.165, 1.54) is 25.9 Å². The summed E-state index contributed by atoms with van der Waals surface area (Å²) in [5.41, 5.74) is 0. The maximum atomic E-state index is 9.48. The standard InChI is InChI=1S/C11H24N2O2/c1-3-13-6-4-10(5-7-13)12-8-11(14)9-15-2/h10-12,14H,3-9H2,1-2H3. The van der Waals surface area contributed by atoms with Crippen LogP contribution >= 0.6 is 0 Å². The van der Waals surface area contributed by atoms with Crippen molar-refractivity contribution in [2.24, 2.45) is 0 Å². The molecule has 1 unspecified atom stereocenters. The number of hydrogen-bond donors (Lipinski definition) is 2. The average molecular weight is 216 g/mol. The first-order valence-corrected chi connectivity index (χ1v) is 5.89. The smallest absolute Gasteiger partial charge is 0.0897 e. The van der Waals surface area contributed by atoms with E-state index in [-0.39, 0.29) is 6.10 Å². The molecule has 1 aliphatic rings. The van der Waals surface area contributed by atoms with Crippen molar-refractivity contribution in [2.75, 3.05) is 39.9 Å². The molecule has 0 amide bonds. The zero-order valence-corrected chi connectivity index (χ0v) is 9.91. The van der Waals surface area contributed by atoms with Crippen molar-refractivity contribution in [1.82, 2.24) is 10.2 Å². The zero-order valence-electron chi connectivity index (χ0n) is 9.91.